The quantitative estimate of drug-likeness (QED) is 0.772. The number of hydrogen-bond acceptors (Lipinski definition) is 1. The molecular weight excluding hydrogens is 200 g/mol. The number of carbonyl (C=O) groups is 1. The number of aryl methyl sites for hydroxylation is 1. The van der Waals surface area contributed by atoms with Gasteiger partial charge in [-0.3, -0.25) is 0 Å². The number of rotatable bonds is 1. The van der Waals surface area contributed by atoms with Crippen molar-refractivity contribution in [3.63, 3.8) is 0 Å². The molecule has 2 amide bonds. The number of benzene rings is 1. The minimum absolute atomic E-state index is 0.0221. The van der Waals surface area contributed by atoms with Gasteiger partial charge in [-0.1, -0.05) is 17.7 Å². The summed E-state index contributed by atoms with van der Waals surface area (Å²) in [7, 11) is 0. The number of urea groups is 1. The van der Waals surface area contributed by atoms with Gasteiger partial charge in [0.1, 0.15) is 0 Å². The van der Waals surface area contributed by atoms with E-state index in [4.69, 9.17) is 0 Å². The number of carbonyl (C=O) groups excluding carboxylic acids is 1. The lowest BCUT2D eigenvalue weighted by molar-refractivity contribution is 0.210. The fourth-order valence-corrected chi connectivity index (χ4v) is 2.07. The standard InChI is InChI=1S/C13H18N2O/c1-10-5-7-12(8-6-10)14-13(16)15-9-3-4-11(15)2/h5-8,11H,3-4,9H2,1-2H3,(H,14,16). The zero-order valence-corrected chi connectivity index (χ0v) is 9.86. The smallest absolute Gasteiger partial charge is 0.322 e. The maximum Gasteiger partial charge on any atom is 0.322 e. The molecule has 0 spiro atoms. The molecule has 3 heteroatoms. The summed E-state index contributed by atoms with van der Waals surface area (Å²) in [4.78, 5) is 13.8. The van der Waals surface area contributed by atoms with Crippen LogP contribution < -0.4 is 5.32 Å². The highest BCUT2D eigenvalue weighted by atomic mass is 16.2. The summed E-state index contributed by atoms with van der Waals surface area (Å²) in [6.45, 7) is 5.01. The third kappa shape index (κ3) is 2.35. The van der Waals surface area contributed by atoms with Gasteiger partial charge in [-0.2, -0.15) is 0 Å². The van der Waals surface area contributed by atoms with Crippen LogP contribution in [0.1, 0.15) is 25.3 Å². The highest BCUT2D eigenvalue weighted by Gasteiger charge is 2.24. The Bertz CT molecular complexity index is 372. The number of anilines is 1. The Balaban J connectivity index is 1.99. The van der Waals surface area contributed by atoms with Crippen LogP contribution in [-0.4, -0.2) is 23.5 Å². The van der Waals surface area contributed by atoms with Gasteiger partial charge in [0.15, 0.2) is 0 Å². The molecule has 0 bridgehead atoms. The minimum atomic E-state index is 0.0221. The topological polar surface area (TPSA) is 32.3 Å². The molecule has 3 nitrogen and oxygen atoms in total. The molecule has 2 rings (SSSR count). The lowest BCUT2D eigenvalue weighted by Crippen LogP contribution is -2.37. The van der Waals surface area contributed by atoms with Crippen molar-refractivity contribution in [2.24, 2.45) is 0 Å². The van der Waals surface area contributed by atoms with E-state index < -0.39 is 0 Å². The average Bonchev–Trinajstić information content (AvgIpc) is 2.68. The Morgan fingerprint density at radius 1 is 1.38 bits per heavy atom. The number of hydrogen-bond donors (Lipinski definition) is 1. The third-order valence-corrected chi connectivity index (χ3v) is 3.12. The van der Waals surface area contributed by atoms with Gasteiger partial charge >= 0.3 is 6.03 Å². The van der Waals surface area contributed by atoms with Crippen molar-refractivity contribution in [2.75, 3.05) is 11.9 Å². The Hall–Kier alpha value is -1.51. The Labute approximate surface area is 96.5 Å². The Morgan fingerprint density at radius 3 is 2.62 bits per heavy atom. The van der Waals surface area contributed by atoms with E-state index in [0.29, 0.717) is 6.04 Å². The lowest BCUT2D eigenvalue weighted by Gasteiger charge is -2.21. The first-order valence-corrected chi connectivity index (χ1v) is 5.81. The number of amides is 2. The van der Waals surface area contributed by atoms with E-state index in [1.165, 1.54) is 5.56 Å². The molecule has 16 heavy (non-hydrogen) atoms. The van der Waals surface area contributed by atoms with Gasteiger partial charge in [0, 0.05) is 18.3 Å². The van der Waals surface area contributed by atoms with Crippen LogP contribution in [0.4, 0.5) is 10.5 Å². The van der Waals surface area contributed by atoms with Crippen molar-refractivity contribution in [3.8, 4) is 0 Å². The van der Waals surface area contributed by atoms with Crippen molar-refractivity contribution >= 4 is 11.7 Å². The number of nitrogens with one attached hydrogen (secondary N) is 1. The van der Waals surface area contributed by atoms with Crippen LogP contribution in [0.2, 0.25) is 0 Å². The molecule has 1 fully saturated rings. The van der Waals surface area contributed by atoms with Crippen LogP contribution in [-0.2, 0) is 0 Å². The second-order valence-corrected chi connectivity index (χ2v) is 4.48. The predicted octanol–water partition coefficient (Wildman–Crippen LogP) is 3.01. The summed E-state index contributed by atoms with van der Waals surface area (Å²) < 4.78 is 0. The third-order valence-electron chi connectivity index (χ3n) is 3.12. The number of nitrogens with zero attached hydrogens (tertiary/aromatic N) is 1. The molecular formula is C13H18N2O. The summed E-state index contributed by atoms with van der Waals surface area (Å²) in [6.07, 6.45) is 2.23. The van der Waals surface area contributed by atoms with Gasteiger partial charge in [-0.15, -0.1) is 0 Å². The maximum atomic E-state index is 11.9. The Morgan fingerprint density at radius 2 is 2.06 bits per heavy atom. The summed E-state index contributed by atoms with van der Waals surface area (Å²) in [5, 5.41) is 2.93. The van der Waals surface area contributed by atoms with E-state index >= 15 is 0 Å². The molecule has 1 atom stereocenters. The molecule has 0 aliphatic carbocycles. The first-order chi connectivity index (χ1) is 7.66. The average molecular weight is 218 g/mol. The van der Waals surface area contributed by atoms with Crippen molar-refractivity contribution in [1.29, 1.82) is 0 Å². The zero-order chi connectivity index (χ0) is 11.5. The van der Waals surface area contributed by atoms with E-state index in [1.54, 1.807) is 0 Å². The minimum Gasteiger partial charge on any atom is -0.322 e. The summed E-state index contributed by atoms with van der Waals surface area (Å²) in [5.74, 6) is 0. The molecule has 1 aromatic carbocycles. The van der Waals surface area contributed by atoms with Gasteiger partial charge in [0.2, 0.25) is 0 Å². The maximum absolute atomic E-state index is 11.9. The van der Waals surface area contributed by atoms with Gasteiger partial charge in [-0.25, -0.2) is 4.79 Å². The summed E-state index contributed by atoms with van der Waals surface area (Å²) in [5.41, 5.74) is 2.07. The number of likely N-dealkylation sites (tertiary alicyclic amines) is 1. The highest BCUT2D eigenvalue weighted by molar-refractivity contribution is 5.89. The molecule has 1 aliphatic heterocycles. The molecule has 86 valence electrons. The van der Waals surface area contributed by atoms with Crippen LogP contribution >= 0.6 is 0 Å². The summed E-state index contributed by atoms with van der Waals surface area (Å²) in [6, 6.07) is 8.27. The van der Waals surface area contributed by atoms with Crippen LogP contribution in [0, 0.1) is 6.92 Å². The normalized spacial score (nSPS) is 19.9. The van der Waals surface area contributed by atoms with Crippen LogP contribution in [0.15, 0.2) is 24.3 Å². The van der Waals surface area contributed by atoms with Gasteiger partial charge in [-0.05, 0) is 38.8 Å². The molecule has 1 aliphatic rings. The van der Waals surface area contributed by atoms with E-state index in [-0.39, 0.29) is 6.03 Å². The molecule has 1 saturated heterocycles. The SMILES string of the molecule is Cc1ccc(NC(=O)N2CCCC2C)cc1. The van der Waals surface area contributed by atoms with Gasteiger partial charge < -0.3 is 10.2 Å². The van der Waals surface area contributed by atoms with E-state index in [9.17, 15) is 4.79 Å². The Kier molecular flexibility index (Phi) is 3.13. The van der Waals surface area contributed by atoms with Crippen molar-refractivity contribution in [1.82, 2.24) is 4.90 Å². The fraction of sp³-hybridized carbons (Fsp3) is 0.462. The zero-order valence-electron chi connectivity index (χ0n) is 9.86. The van der Waals surface area contributed by atoms with E-state index in [0.717, 1.165) is 25.1 Å². The van der Waals surface area contributed by atoms with Crippen LogP contribution in [0.25, 0.3) is 0 Å². The first-order valence-electron chi connectivity index (χ1n) is 5.81. The first kappa shape index (κ1) is 11.0. The monoisotopic (exact) mass is 218 g/mol. The van der Waals surface area contributed by atoms with E-state index in [1.807, 2.05) is 36.1 Å². The molecule has 0 aromatic heterocycles. The molecule has 0 radical (unpaired) electrons. The van der Waals surface area contributed by atoms with E-state index in [2.05, 4.69) is 12.2 Å². The molecule has 1 N–H and O–H groups in total. The lowest BCUT2D eigenvalue weighted by atomic mass is 10.2. The molecule has 1 heterocycles. The fourth-order valence-electron chi connectivity index (χ4n) is 2.07. The molecule has 0 saturated carbocycles. The molecule has 1 aromatic rings. The predicted molar refractivity (Wildman–Crippen MR) is 65.6 cm³/mol. The largest absolute Gasteiger partial charge is 0.322 e. The van der Waals surface area contributed by atoms with Crippen molar-refractivity contribution < 1.29 is 4.79 Å². The van der Waals surface area contributed by atoms with Crippen LogP contribution in [0.3, 0.4) is 0 Å². The van der Waals surface area contributed by atoms with Gasteiger partial charge in [0.05, 0.1) is 0 Å². The van der Waals surface area contributed by atoms with Gasteiger partial charge in [0.25, 0.3) is 0 Å². The second kappa shape index (κ2) is 4.56. The highest BCUT2D eigenvalue weighted by Crippen LogP contribution is 2.18. The van der Waals surface area contributed by atoms with Crippen LogP contribution in [0.5, 0.6) is 0 Å². The molecule has 1 unspecified atom stereocenters. The summed E-state index contributed by atoms with van der Waals surface area (Å²) >= 11 is 0. The second-order valence-electron chi connectivity index (χ2n) is 4.48. The van der Waals surface area contributed by atoms with Crippen molar-refractivity contribution in [3.05, 3.63) is 29.8 Å². The van der Waals surface area contributed by atoms with Crippen molar-refractivity contribution in [2.45, 2.75) is 32.7 Å².